The summed E-state index contributed by atoms with van der Waals surface area (Å²) in [6, 6.07) is 6.62. The lowest BCUT2D eigenvalue weighted by Gasteiger charge is -2.15. The van der Waals surface area contributed by atoms with Crippen molar-refractivity contribution in [2.24, 2.45) is 4.99 Å². The molecule has 0 radical (unpaired) electrons. The van der Waals surface area contributed by atoms with Gasteiger partial charge in [0.1, 0.15) is 0 Å². The summed E-state index contributed by atoms with van der Waals surface area (Å²) in [5.74, 6) is -1.46. The van der Waals surface area contributed by atoms with Crippen LogP contribution in [0, 0.1) is 3.95 Å². The lowest BCUT2D eigenvalue weighted by Crippen LogP contribution is -2.31. The number of aliphatic carboxylic acids is 1. The van der Waals surface area contributed by atoms with E-state index in [0.717, 1.165) is 28.2 Å². The summed E-state index contributed by atoms with van der Waals surface area (Å²) in [6.45, 7) is 1.42. The van der Waals surface area contributed by atoms with Crippen LogP contribution in [0.25, 0.3) is 11.6 Å². The van der Waals surface area contributed by atoms with E-state index >= 15 is 0 Å². The van der Waals surface area contributed by atoms with Gasteiger partial charge in [0.05, 0.1) is 22.6 Å². The molecule has 0 saturated carbocycles. The monoisotopic (exact) mass is 331 g/mol. The molecule has 0 spiro atoms. The normalized spacial score (nSPS) is 16.0. The van der Waals surface area contributed by atoms with Gasteiger partial charge in [-0.15, -0.1) is 11.3 Å². The van der Waals surface area contributed by atoms with Crippen LogP contribution < -0.4 is 5.11 Å². The zero-order valence-electron chi connectivity index (χ0n) is 11.5. The van der Waals surface area contributed by atoms with E-state index in [1.165, 1.54) is 11.5 Å². The first-order valence-electron chi connectivity index (χ1n) is 6.49. The fraction of sp³-hybridized carbons (Fsp3) is 0.133. The second kappa shape index (κ2) is 5.51. The van der Waals surface area contributed by atoms with Gasteiger partial charge in [-0.25, -0.2) is 0 Å². The second-order valence-corrected chi connectivity index (χ2v) is 6.47. The van der Waals surface area contributed by atoms with Crippen LogP contribution in [-0.4, -0.2) is 21.9 Å². The molecule has 7 heteroatoms. The Morgan fingerprint density at radius 1 is 1.50 bits per heavy atom. The lowest BCUT2D eigenvalue weighted by molar-refractivity contribution is -0.309. The number of hydrogen-bond acceptors (Lipinski definition) is 6. The Bertz CT molecular complexity index is 877. The van der Waals surface area contributed by atoms with Gasteiger partial charge >= 0.3 is 0 Å². The quantitative estimate of drug-likeness (QED) is 0.877. The van der Waals surface area contributed by atoms with E-state index in [0.29, 0.717) is 4.88 Å². The van der Waals surface area contributed by atoms with Crippen molar-refractivity contribution in [3.8, 4) is 5.88 Å². The molecule has 2 aromatic rings. The number of nitrogens with zero attached hydrogens (tertiary/aromatic N) is 2. The van der Waals surface area contributed by atoms with E-state index in [9.17, 15) is 15.0 Å². The van der Waals surface area contributed by atoms with E-state index < -0.39 is 12.0 Å². The highest BCUT2D eigenvalue weighted by Crippen LogP contribution is 2.36. The van der Waals surface area contributed by atoms with Crippen LogP contribution in [0.1, 0.15) is 23.4 Å². The molecule has 1 aromatic carbocycles. The summed E-state index contributed by atoms with van der Waals surface area (Å²) in [4.78, 5) is 15.8. The molecular formula is C15H11N2O3S2-. The Morgan fingerprint density at radius 3 is 2.95 bits per heavy atom. The molecule has 0 unspecified atom stereocenters. The summed E-state index contributed by atoms with van der Waals surface area (Å²) in [6.07, 6.45) is 3.46. The van der Waals surface area contributed by atoms with E-state index in [1.54, 1.807) is 12.3 Å². The molecule has 0 bridgehead atoms. The van der Waals surface area contributed by atoms with Crippen molar-refractivity contribution in [3.63, 3.8) is 0 Å². The van der Waals surface area contributed by atoms with Gasteiger partial charge in [-0.2, -0.15) is 0 Å². The third-order valence-electron chi connectivity index (χ3n) is 3.42. The first-order chi connectivity index (χ1) is 10.5. The van der Waals surface area contributed by atoms with Crippen LogP contribution in [-0.2, 0) is 4.79 Å². The van der Waals surface area contributed by atoms with Crippen LogP contribution >= 0.6 is 23.6 Å². The molecule has 0 amide bonds. The predicted octanol–water partition coefficient (Wildman–Crippen LogP) is 2.55. The third-order valence-corrected chi connectivity index (χ3v) is 4.75. The van der Waals surface area contributed by atoms with Crippen LogP contribution in [0.4, 0.5) is 5.69 Å². The summed E-state index contributed by atoms with van der Waals surface area (Å²) in [5.41, 5.74) is 2.66. The minimum atomic E-state index is -1.30. The minimum absolute atomic E-state index is 0.169. The molecule has 1 aliphatic heterocycles. The number of para-hydroxylation sites is 1. The van der Waals surface area contributed by atoms with Crippen LogP contribution in [0.5, 0.6) is 5.88 Å². The first-order valence-corrected chi connectivity index (χ1v) is 7.72. The number of carbonyl (C=O) groups excluding carboxylic acids is 1. The van der Waals surface area contributed by atoms with Gasteiger partial charge in [0, 0.05) is 17.4 Å². The topological polar surface area (TPSA) is 77.6 Å². The SMILES string of the molecule is C[C@@H](C(=O)[O-])n1c(O)c(/C=C2\C=Nc3ccccc32)sc1=S. The Balaban J connectivity index is 2.07. The molecule has 1 atom stereocenters. The van der Waals surface area contributed by atoms with Crippen LogP contribution in [0.3, 0.4) is 0 Å². The second-order valence-electron chi connectivity index (χ2n) is 4.80. The Kier molecular flexibility index (Phi) is 3.67. The summed E-state index contributed by atoms with van der Waals surface area (Å²) in [5, 5.41) is 21.3. The Morgan fingerprint density at radius 2 is 2.23 bits per heavy atom. The molecule has 0 fully saturated rings. The Hall–Kier alpha value is -2.25. The largest absolute Gasteiger partial charge is 0.548 e. The summed E-state index contributed by atoms with van der Waals surface area (Å²) < 4.78 is 1.46. The van der Waals surface area contributed by atoms with Gasteiger partial charge in [-0.05, 0) is 31.3 Å². The number of carboxylic acid groups (broad SMARTS) is 1. The van der Waals surface area contributed by atoms with Crippen molar-refractivity contribution >= 4 is 53.1 Å². The molecule has 3 rings (SSSR count). The van der Waals surface area contributed by atoms with Gasteiger partial charge in [-0.1, -0.05) is 18.2 Å². The third kappa shape index (κ3) is 2.38. The van der Waals surface area contributed by atoms with E-state index in [4.69, 9.17) is 12.2 Å². The maximum absolute atomic E-state index is 11.0. The number of aromatic hydroxyl groups is 1. The van der Waals surface area contributed by atoms with Crippen LogP contribution in [0.15, 0.2) is 29.3 Å². The fourth-order valence-corrected chi connectivity index (χ4v) is 3.65. The molecule has 1 aliphatic rings. The first kappa shape index (κ1) is 14.7. The smallest absolute Gasteiger partial charge is 0.211 e. The van der Waals surface area contributed by atoms with E-state index in [2.05, 4.69) is 4.99 Å². The average Bonchev–Trinajstić information content (AvgIpc) is 3.01. The van der Waals surface area contributed by atoms with Gasteiger partial charge in [-0.3, -0.25) is 9.56 Å². The maximum atomic E-state index is 11.0. The maximum Gasteiger partial charge on any atom is 0.211 e. The molecule has 0 aliphatic carbocycles. The van der Waals surface area contributed by atoms with Gasteiger partial charge < -0.3 is 15.0 Å². The number of aromatic nitrogens is 1. The highest BCUT2D eigenvalue weighted by molar-refractivity contribution is 7.73. The number of benzene rings is 1. The number of thiazole rings is 1. The van der Waals surface area contributed by atoms with E-state index in [-0.39, 0.29) is 9.83 Å². The zero-order valence-corrected chi connectivity index (χ0v) is 13.1. The standard InChI is InChI=1S/C15H12N2O3S2/c1-8(14(19)20)17-13(18)12(22-15(17)21)6-9-7-16-11-5-3-2-4-10(9)11/h2-8,18H,1H3,(H,19,20)/p-1/b9-6+/t8-/m0/s1. The minimum Gasteiger partial charge on any atom is -0.548 e. The molecule has 0 saturated heterocycles. The number of hydrogen-bond donors (Lipinski definition) is 1. The van der Waals surface area contributed by atoms with Crippen molar-refractivity contribution in [1.82, 2.24) is 4.57 Å². The Labute approximate surface area is 135 Å². The highest BCUT2D eigenvalue weighted by atomic mass is 32.1. The molecule has 112 valence electrons. The molecule has 1 aromatic heterocycles. The van der Waals surface area contributed by atoms with Crippen molar-refractivity contribution in [2.45, 2.75) is 13.0 Å². The molecule has 1 N–H and O–H groups in total. The molecule has 2 heterocycles. The van der Waals surface area contributed by atoms with Crippen LogP contribution in [0.2, 0.25) is 0 Å². The molecule has 22 heavy (non-hydrogen) atoms. The number of aliphatic imine (C=N–C) groups is 1. The van der Waals surface area contributed by atoms with Gasteiger partial charge in [0.25, 0.3) is 0 Å². The fourth-order valence-electron chi connectivity index (χ4n) is 2.23. The highest BCUT2D eigenvalue weighted by Gasteiger charge is 2.18. The number of allylic oxidation sites excluding steroid dienone is 1. The number of carbonyl (C=O) groups is 1. The van der Waals surface area contributed by atoms with Crippen molar-refractivity contribution in [3.05, 3.63) is 38.7 Å². The average molecular weight is 331 g/mol. The van der Waals surface area contributed by atoms with Crippen molar-refractivity contribution < 1.29 is 15.0 Å². The van der Waals surface area contributed by atoms with Gasteiger partial charge in [0.15, 0.2) is 3.95 Å². The lowest BCUT2D eigenvalue weighted by atomic mass is 10.1. The van der Waals surface area contributed by atoms with Crippen molar-refractivity contribution in [2.75, 3.05) is 0 Å². The number of fused-ring (bicyclic) bond motifs is 1. The van der Waals surface area contributed by atoms with E-state index in [1.807, 2.05) is 24.3 Å². The predicted molar refractivity (Wildman–Crippen MR) is 87.0 cm³/mol. The van der Waals surface area contributed by atoms with Crippen molar-refractivity contribution in [1.29, 1.82) is 0 Å². The van der Waals surface area contributed by atoms with Gasteiger partial charge in [0.2, 0.25) is 5.88 Å². The molecule has 5 nitrogen and oxygen atoms in total. The number of rotatable bonds is 3. The number of carboxylic acids is 1. The molecular weight excluding hydrogens is 320 g/mol. The summed E-state index contributed by atoms with van der Waals surface area (Å²) >= 11 is 6.29. The zero-order chi connectivity index (χ0) is 15.9. The summed E-state index contributed by atoms with van der Waals surface area (Å²) in [7, 11) is 0.